The van der Waals surface area contributed by atoms with Crippen LogP contribution in [0.5, 0.6) is 11.5 Å². The zero-order valence-corrected chi connectivity index (χ0v) is 16.0. The van der Waals surface area contributed by atoms with Crippen LogP contribution in [0.3, 0.4) is 0 Å². The summed E-state index contributed by atoms with van der Waals surface area (Å²) >= 11 is 6.16. The Kier molecular flexibility index (Phi) is 5.93. The Labute approximate surface area is 162 Å². The molecule has 0 aliphatic carbocycles. The predicted molar refractivity (Wildman–Crippen MR) is 106 cm³/mol. The molecule has 0 aliphatic rings. The Hall–Kier alpha value is -3.06. The Morgan fingerprint density at radius 3 is 2.59 bits per heavy atom. The Bertz CT molecular complexity index is 921. The van der Waals surface area contributed by atoms with Crippen LogP contribution in [0.2, 0.25) is 5.02 Å². The minimum Gasteiger partial charge on any atom is -0.495 e. The molecule has 27 heavy (non-hydrogen) atoms. The number of rotatable bonds is 7. The van der Waals surface area contributed by atoms with Gasteiger partial charge >= 0.3 is 0 Å². The van der Waals surface area contributed by atoms with E-state index in [1.165, 1.54) is 0 Å². The molecular weight excluding hydrogens is 366 g/mol. The summed E-state index contributed by atoms with van der Waals surface area (Å²) in [5.41, 5.74) is 2.55. The number of hydrogen-bond donors (Lipinski definition) is 2. The fourth-order valence-electron chi connectivity index (χ4n) is 2.49. The van der Waals surface area contributed by atoms with Crippen molar-refractivity contribution in [2.45, 2.75) is 13.5 Å². The minimum atomic E-state index is 0.470. The number of ether oxygens (including phenoxy) is 2. The van der Waals surface area contributed by atoms with Crippen molar-refractivity contribution >= 4 is 29.1 Å². The van der Waals surface area contributed by atoms with Gasteiger partial charge in [-0.3, -0.25) is 4.98 Å². The number of halogens is 1. The monoisotopic (exact) mass is 385 g/mol. The second-order valence-electron chi connectivity index (χ2n) is 5.75. The molecule has 0 radical (unpaired) electrons. The van der Waals surface area contributed by atoms with Crippen molar-refractivity contribution in [2.75, 3.05) is 24.9 Å². The van der Waals surface area contributed by atoms with Crippen LogP contribution in [0, 0.1) is 6.92 Å². The summed E-state index contributed by atoms with van der Waals surface area (Å²) < 4.78 is 10.7. The average Bonchev–Trinajstić information content (AvgIpc) is 2.68. The molecule has 0 saturated heterocycles. The molecule has 0 saturated carbocycles. The lowest BCUT2D eigenvalue weighted by molar-refractivity contribution is 0.405. The number of benzene rings is 1. The molecule has 0 unspecified atom stereocenters. The molecule has 0 atom stereocenters. The van der Waals surface area contributed by atoms with Crippen LogP contribution >= 0.6 is 11.6 Å². The van der Waals surface area contributed by atoms with Crippen molar-refractivity contribution in [3.05, 3.63) is 59.0 Å². The Morgan fingerprint density at radius 2 is 1.89 bits per heavy atom. The molecule has 0 amide bonds. The molecular formula is C19H20ClN5O2. The van der Waals surface area contributed by atoms with E-state index in [0.717, 1.165) is 11.3 Å². The van der Waals surface area contributed by atoms with Crippen LogP contribution in [-0.2, 0) is 6.54 Å². The van der Waals surface area contributed by atoms with Gasteiger partial charge in [-0.1, -0.05) is 17.7 Å². The van der Waals surface area contributed by atoms with Crippen molar-refractivity contribution in [3.8, 4) is 11.5 Å². The highest BCUT2D eigenvalue weighted by Gasteiger charge is 2.12. The number of anilines is 3. The lowest BCUT2D eigenvalue weighted by atomic mass is 10.2. The molecule has 0 spiro atoms. The first-order chi connectivity index (χ1) is 13.1. The summed E-state index contributed by atoms with van der Waals surface area (Å²) in [6, 6.07) is 9.18. The Balaban J connectivity index is 1.82. The van der Waals surface area contributed by atoms with Gasteiger partial charge in [-0.2, -0.15) is 4.98 Å². The van der Waals surface area contributed by atoms with Crippen LogP contribution in [0.15, 0.2) is 42.7 Å². The van der Waals surface area contributed by atoms with Gasteiger partial charge in [0.2, 0.25) is 5.95 Å². The van der Waals surface area contributed by atoms with Crippen molar-refractivity contribution in [1.29, 1.82) is 0 Å². The van der Waals surface area contributed by atoms with E-state index in [-0.39, 0.29) is 0 Å². The smallest absolute Gasteiger partial charge is 0.225 e. The van der Waals surface area contributed by atoms with Crippen LogP contribution in [-0.4, -0.2) is 29.2 Å². The highest BCUT2D eigenvalue weighted by molar-refractivity contribution is 6.32. The number of nitrogens with one attached hydrogen (secondary N) is 2. The number of hydrogen-bond acceptors (Lipinski definition) is 7. The van der Waals surface area contributed by atoms with Crippen LogP contribution < -0.4 is 20.1 Å². The van der Waals surface area contributed by atoms with Gasteiger partial charge in [0.05, 0.1) is 24.9 Å². The molecule has 2 aromatic heterocycles. The van der Waals surface area contributed by atoms with Gasteiger partial charge in [0.1, 0.15) is 17.3 Å². The second-order valence-corrected chi connectivity index (χ2v) is 6.15. The lowest BCUT2D eigenvalue weighted by Crippen LogP contribution is -2.07. The van der Waals surface area contributed by atoms with Gasteiger partial charge in [0, 0.05) is 42.8 Å². The largest absolute Gasteiger partial charge is 0.495 e. The zero-order chi connectivity index (χ0) is 19.2. The first-order valence-corrected chi connectivity index (χ1v) is 8.64. The summed E-state index contributed by atoms with van der Waals surface area (Å²) in [4.78, 5) is 13.0. The maximum absolute atomic E-state index is 6.16. The van der Waals surface area contributed by atoms with Crippen molar-refractivity contribution in [3.63, 3.8) is 0 Å². The highest BCUT2D eigenvalue weighted by atomic mass is 35.5. The molecule has 140 valence electrons. The zero-order valence-electron chi connectivity index (χ0n) is 15.3. The summed E-state index contributed by atoms with van der Waals surface area (Å²) in [7, 11) is 3.14. The third-order valence-corrected chi connectivity index (χ3v) is 4.06. The summed E-state index contributed by atoms with van der Waals surface area (Å²) in [6.45, 7) is 2.48. The lowest BCUT2D eigenvalue weighted by Gasteiger charge is -2.14. The van der Waals surface area contributed by atoms with Crippen LogP contribution in [0.4, 0.5) is 17.5 Å². The van der Waals surface area contributed by atoms with Crippen molar-refractivity contribution in [2.24, 2.45) is 0 Å². The molecule has 3 aromatic rings. The first-order valence-electron chi connectivity index (χ1n) is 8.26. The number of nitrogens with zero attached hydrogens (tertiary/aromatic N) is 3. The molecule has 1 aromatic carbocycles. The third kappa shape index (κ3) is 4.77. The summed E-state index contributed by atoms with van der Waals surface area (Å²) in [5, 5.41) is 6.92. The van der Waals surface area contributed by atoms with E-state index in [1.807, 2.05) is 25.1 Å². The predicted octanol–water partition coefficient (Wildman–Crippen LogP) is 4.21. The maximum Gasteiger partial charge on any atom is 0.225 e. The van der Waals surface area contributed by atoms with Crippen LogP contribution in [0.25, 0.3) is 0 Å². The van der Waals surface area contributed by atoms with E-state index in [9.17, 15) is 0 Å². The number of aryl methyl sites for hydroxylation is 1. The molecule has 8 heteroatoms. The topological polar surface area (TPSA) is 81.2 Å². The summed E-state index contributed by atoms with van der Waals surface area (Å²) in [5.74, 6) is 2.27. The molecule has 0 fully saturated rings. The normalized spacial score (nSPS) is 10.4. The summed E-state index contributed by atoms with van der Waals surface area (Å²) in [6.07, 6.45) is 3.54. The van der Waals surface area contributed by atoms with E-state index in [2.05, 4.69) is 25.6 Å². The average molecular weight is 386 g/mol. The quantitative estimate of drug-likeness (QED) is 0.630. The standard InChI is InChI=1S/C19H20ClN5O2/c1-12-7-18(24-15-9-16(26-2)14(20)8-17(15)27-3)25-19(23-12)22-11-13-5-4-6-21-10-13/h4-10H,11H2,1-3H3,(H2,22,23,24,25). The number of pyridine rings is 1. The van der Waals surface area contributed by atoms with Gasteiger partial charge in [-0.25, -0.2) is 4.98 Å². The number of methoxy groups -OCH3 is 2. The van der Waals surface area contributed by atoms with Gasteiger partial charge in [-0.05, 0) is 18.6 Å². The van der Waals surface area contributed by atoms with Crippen molar-refractivity contribution in [1.82, 2.24) is 15.0 Å². The molecule has 2 heterocycles. The first kappa shape index (κ1) is 18.7. The molecule has 0 aliphatic heterocycles. The highest BCUT2D eigenvalue weighted by Crippen LogP contribution is 2.37. The van der Waals surface area contributed by atoms with E-state index in [0.29, 0.717) is 40.5 Å². The third-order valence-electron chi connectivity index (χ3n) is 3.76. The van der Waals surface area contributed by atoms with Gasteiger partial charge < -0.3 is 20.1 Å². The Morgan fingerprint density at radius 1 is 1.07 bits per heavy atom. The molecule has 3 rings (SSSR count). The SMILES string of the molecule is COc1cc(Nc2cc(C)nc(NCc3cccnc3)n2)c(OC)cc1Cl. The molecule has 0 bridgehead atoms. The fourth-order valence-corrected chi connectivity index (χ4v) is 2.72. The van der Waals surface area contributed by atoms with Crippen molar-refractivity contribution < 1.29 is 9.47 Å². The second kappa shape index (κ2) is 8.55. The van der Waals surface area contributed by atoms with Gasteiger partial charge in [0.15, 0.2) is 0 Å². The fraction of sp³-hybridized carbons (Fsp3) is 0.211. The van der Waals surface area contributed by atoms with Gasteiger partial charge in [-0.15, -0.1) is 0 Å². The minimum absolute atomic E-state index is 0.470. The van der Waals surface area contributed by atoms with Gasteiger partial charge in [0.25, 0.3) is 0 Å². The number of aromatic nitrogens is 3. The van der Waals surface area contributed by atoms with E-state index >= 15 is 0 Å². The van der Waals surface area contributed by atoms with Crippen LogP contribution in [0.1, 0.15) is 11.3 Å². The molecule has 7 nitrogen and oxygen atoms in total. The molecule has 2 N–H and O–H groups in total. The maximum atomic E-state index is 6.16. The van der Waals surface area contributed by atoms with E-state index in [4.69, 9.17) is 21.1 Å². The van der Waals surface area contributed by atoms with E-state index in [1.54, 1.807) is 38.7 Å². The van der Waals surface area contributed by atoms with E-state index < -0.39 is 0 Å².